The molecular formula is C11H13N5O2. The second kappa shape index (κ2) is 4.69. The van der Waals surface area contributed by atoms with Crippen molar-refractivity contribution in [3.05, 3.63) is 18.0 Å². The van der Waals surface area contributed by atoms with E-state index in [1.165, 1.54) is 0 Å². The van der Waals surface area contributed by atoms with E-state index >= 15 is 0 Å². The van der Waals surface area contributed by atoms with E-state index in [2.05, 4.69) is 25.7 Å². The molecule has 18 heavy (non-hydrogen) atoms. The predicted octanol–water partition coefficient (Wildman–Crippen LogP) is 0.960. The van der Waals surface area contributed by atoms with Crippen molar-refractivity contribution >= 4 is 0 Å². The first-order valence-electron chi connectivity index (χ1n) is 5.82. The summed E-state index contributed by atoms with van der Waals surface area (Å²) in [6.07, 6.45) is 2.15. The van der Waals surface area contributed by atoms with Crippen LogP contribution in [0.4, 0.5) is 0 Å². The number of methoxy groups -OCH3 is 1. The maximum absolute atomic E-state index is 5.24. The molecule has 1 saturated heterocycles. The van der Waals surface area contributed by atoms with Gasteiger partial charge in [0, 0.05) is 6.07 Å². The molecule has 3 rings (SSSR count). The van der Waals surface area contributed by atoms with Gasteiger partial charge in [0.15, 0.2) is 0 Å². The van der Waals surface area contributed by atoms with Crippen molar-refractivity contribution < 1.29 is 9.26 Å². The number of hydrogen-bond acceptors (Lipinski definition) is 7. The van der Waals surface area contributed by atoms with E-state index in [9.17, 15) is 0 Å². The zero-order valence-electron chi connectivity index (χ0n) is 9.96. The number of nitrogens with zero attached hydrogens (tertiary/aromatic N) is 4. The molecule has 0 radical (unpaired) electrons. The summed E-state index contributed by atoms with van der Waals surface area (Å²) < 4.78 is 10.2. The van der Waals surface area contributed by atoms with Crippen molar-refractivity contribution in [3.63, 3.8) is 0 Å². The van der Waals surface area contributed by atoms with Gasteiger partial charge in [0.25, 0.3) is 0 Å². The SMILES string of the molecule is COc1ccc(-c2noc([C@@H]3CCCN3)n2)nn1. The second-order valence-corrected chi connectivity index (χ2v) is 4.07. The third-order valence-electron chi connectivity index (χ3n) is 2.88. The number of ether oxygens (including phenoxy) is 1. The molecule has 2 aromatic heterocycles. The van der Waals surface area contributed by atoms with Gasteiger partial charge in [-0.2, -0.15) is 4.98 Å². The Kier molecular flexibility index (Phi) is 2.89. The van der Waals surface area contributed by atoms with Gasteiger partial charge in [-0.25, -0.2) is 0 Å². The topological polar surface area (TPSA) is 86.0 Å². The van der Waals surface area contributed by atoms with Crippen LogP contribution in [0.1, 0.15) is 24.8 Å². The highest BCUT2D eigenvalue weighted by Crippen LogP contribution is 2.23. The van der Waals surface area contributed by atoms with E-state index in [1.807, 2.05) is 0 Å². The molecule has 94 valence electrons. The monoisotopic (exact) mass is 247 g/mol. The highest BCUT2D eigenvalue weighted by molar-refractivity contribution is 5.47. The van der Waals surface area contributed by atoms with Crippen LogP contribution in [0.15, 0.2) is 16.7 Å². The molecule has 0 amide bonds. The summed E-state index contributed by atoms with van der Waals surface area (Å²) in [4.78, 5) is 4.33. The van der Waals surface area contributed by atoms with E-state index < -0.39 is 0 Å². The summed E-state index contributed by atoms with van der Waals surface area (Å²) in [7, 11) is 1.54. The smallest absolute Gasteiger partial charge is 0.244 e. The first kappa shape index (κ1) is 11.1. The Bertz CT molecular complexity index is 518. The van der Waals surface area contributed by atoms with E-state index in [-0.39, 0.29) is 6.04 Å². The normalized spacial score (nSPS) is 19.1. The molecule has 2 aromatic rings. The molecule has 0 aliphatic carbocycles. The van der Waals surface area contributed by atoms with Crippen LogP contribution >= 0.6 is 0 Å². The molecule has 1 atom stereocenters. The summed E-state index contributed by atoms with van der Waals surface area (Å²) in [6.45, 7) is 0.991. The molecule has 1 aliphatic heterocycles. The molecule has 0 aromatic carbocycles. The Morgan fingerprint density at radius 1 is 1.39 bits per heavy atom. The van der Waals surface area contributed by atoms with Gasteiger partial charge in [0.2, 0.25) is 17.6 Å². The lowest BCUT2D eigenvalue weighted by molar-refractivity contribution is 0.344. The fraction of sp³-hybridized carbons (Fsp3) is 0.455. The average Bonchev–Trinajstić information content (AvgIpc) is 3.09. The highest BCUT2D eigenvalue weighted by atomic mass is 16.5. The fourth-order valence-corrected chi connectivity index (χ4v) is 1.92. The molecule has 0 saturated carbocycles. The van der Waals surface area contributed by atoms with Gasteiger partial charge in [-0.05, 0) is 25.5 Å². The first-order chi connectivity index (χ1) is 8.86. The number of rotatable bonds is 3. The Morgan fingerprint density at radius 2 is 2.33 bits per heavy atom. The van der Waals surface area contributed by atoms with Crippen molar-refractivity contribution in [3.8, 4) is 17.4 Å². The summed E-state index contributed by atoms with van der Waals surface area (Å²) in [5, 5.41) is 15.1. The van der Waals surface area contributed by atoms with E-state index in [0.717, 1.165) is 19.4 Å². The molecule has 1 fully saturated rings. The fourth-order valence-electron chi connectivity index (χ4n) is 1.92. The number of hydrogen-bond donors (Lipinski definition) is 1. The summed E-state index contributed by atoms with van der Waals surface area (Å²) in [5.74, 6) is 1.52. The molecule has 7 nitrogen and oxygen atoms in total. The standard InChI is InChI=1S/C11H13N5O2/c1-17-9-5-4-7(14-15-9)10-13-11(18-16-10)8-3-2-6-12-8/h4-5,8,12H,2-3,6H2,1H3/t8-/m0/s1. The first-order valence-corrected chi connectivity index (χ1v) is 5.82. The third-order valence-corrected chi connectivity index (χ3v) is 2.88. The highest BCUT2D eigenvalue weighted by Gasteiger charge is 2.23. The van der Waals surface area contributed by atoms with Gasteiger partial charge in [0.1, 0.15) is 5.69 Å². The lowest BCUT2D eigenvalue weighted by Crippen LogP contribution is -2.12. The summed E-state index contributed by atoms with van der Waals surface area (Å²) >= 11 is 0. The van der Waals surface area contributed by atoms with Crippen LogP contribution in [0.5, 0.6) is 5.88 Å². The largest absolute Gasteiger partial charge is 0.480 e. The number of aromatic nitrogens is 4. The van der Waals surface area contributed by atoms with Crippen molar-refractivity contribution in [2.75, 3.05) is 13.7 Å². The Labute approximate surface area is 104 Å². The van der Waals surface area contributed by atoms with Crippen molar-refractivity contribution in [2.24, 2.45) is 0 Å². The minimum absolute atomic E-state index is 0.164. The Hall–Kier alpha value is -2.02. The molecule has 1 N–H and O–H groups in total. The number of nitrogens with one attached hydrogen (secondary N) is 1. The molecule has 0 spiro atoms. The van der Waals surface area contributed by atoms with Crippen LogP contribution in [-0.4, -0.2) is 34.0 Å². The predicted molar refractivity (Wildman–Crippen MR) is 61.9 cm³/mol. The second-order valence-electron chi connectivity index (χ2n) is 4.07. The van der Waals surface area contributed by atoms with Gasteiger partial charge >= 0.3 is 0 Å². The molecule has 1 aliphatic rings. The summed E-state index contributed by atoms with van der Waals surface area (Å²) in [6, 6.07) is 3.63. The minimum atomic E-state index is 0.164. The lowest BCUT2D eigenvalue weighted by Gasteiger charge is -2.01. The zero-order chi connectivity index (χ0) is 12.4. The van der Waals surface area contributed by atoms with E-state index in [4.69, 9.17) is 9.26 Å². The molecule has 0 bridgehead atoms. The van der Waals surface area contributed by atoms with Crippen molar-refractivity contribution in [2.45, 2.75) is 18.9 Å². The third kappa shape index (κ3) is 2.04. The van der Waals surface area contributed by atoms with Crippen LogP contribution in [0, 0.1) is 0 Å². The minimum Gasteiger partial charge on any atom is -0.480 e. The van der Waals surface area contributed by atoms with Crippen molar-refractivity contribution in [1.82, 2.24) is 25.7 Å². The van der Waals surface area contributed by atoms with Gasteiger partial charge in [-0.15, -0.1) is 10.2 Å². The van der Waals surface area contributed by atoms with Gasteiger partial charge in [-0.3, -0.25) is 0 Å². The molecule has 7 heteroatoms. The maximum Gasteiger partial charge on any atom is 0.244 e. The van der Waals surface area contributed by atoms with Crippen molar-refractivity contribution in [1.29, 1.82) is 0 Å². The van der Waals surface area contributed by atoms with E-state index in [1.54, 1.807) is 19.2 Å². The molecular weight excluding hydrogens is 234 g/mol. The Morgan fingerprint density at radius 3 is 3.00 bits per heavy atom. The molecule has 0 unspecified atom stereocenters. The van der Waals surface area contributed by atoms with Gasteiger partial charge < -0.3 is 14.6 Å². The van der Waals surface area contributed by atoms with Crippen LogP contribution in [0.2, 0.25) is 0 Å². The van der Waals surface area contributed by atoms with Gasteiger partial charge in [-0.1, -0.05) is 5.16 Å². The average molecular weight is 247 g/mol. The molecule has 3 heterocycles. The van der Waals surface area contributed by atoms with Crippen LogP contribution < -0.4 is 10.1 Å². The Balaban J connectivity index is 1.82. The quantitative estimate of drug-likeness (QED) is 0.864. The maximum atomic E-state index is 5.24. The van der Waals surface area contributed by atoms with E-state index in [0.29, 0.717) is 23.3 Å². The van der Waals surface area contributed by atoms with Crippen LogP contribution in [0.3, 0.4) is 0 Å². The lowest BCUT2D eigenvalue weighted by atomic mass is 10.2. The summed E-state index contributed by atoms with van der Waals surface area (Å²) in [5.41, 5.74) is 0.573. The van der Waals surface area contributed by atoms with Gasteiger partial charge in [0.05, 0.1) is 13.2 Å². The zero-order valence-corrected chi connectivity index (χ0v) is 9.96. The van der Waals surface area contributed by atoms with Crippen LogP contribution in [0.25, 0.3) is 11.5 Å². The van der Waals surface area contributed by atoms with Crippen LogP contribution in [-0.2, 0) is 0 Å².